The van der Waals surface area contributed by atoms with E-state index in [1.165, 1.54) is 23.8 Å². The van der Waals surface area contributed by atoms with Crippen LogP contribution in [0.15, 0.2) is 59.6 Å². The molecule has 6 N–H and O–H groups in total. The number of nitrogens with zero attached hydrogens (tertiary/aromatic N) is 2. The Kier molecular flexibility index (Phi) is 10.1. The topological polar surface area (TPSA) is 143 Å². The van der Waals surface area contributed by atoms with Gasteiger partial charge in [-0.05, 0) is 84.6 Å². The molecule has 0 bridgehead atoms. The van der Waals surface area contributed by atoms with Gasteiger partial charge in [-0.1, -0.05) is 25.1 Å². The second-order valence-corrected chi connectivity index (χ2v) is 11.1. The van der Waals surface area contributed by atoms with Gasteiger partial charge in [-0.2, -0.15) is 0 Å². The Morgan fingerprint density at radius 2 is 1.79 bits per heavy atom. The van der Waals surface area contributed by atoms with Gasteiger partial charge in [-0.15, -0.1) is 11.3 Å². The molecule has 8 nitrogen and oxygen atoms in total. The maximum absolute atomic E-state index is 13.9. The normalized spacial score (nSPS) is 13.0. The summed E-state index contributed by atoms with van der Waals surface area (Å²) in [5.41, 5.74) is 18.6. The minimum absolute atomic E-state index is 0.0267. The lowest BCUT2D eigenvalue weighted by molar-refractivity contribution is -0.466. The summed E-state index contributed by atoms with van der Waals surface area (Å²) in [6, 6.07) is 16.8. The van der Waals surface area contributed by atoms with Crippen molar-refractivity contribution in [2.45, 2.75) is 51.0 Å². The van der Waals surface area contributed by atoms with E-state index in [0.717, 1.165) is 21.6 Å². The van der Waals surface area contributed by atoms with E-state index in [9.17, 15) is 14.3 Å². The van der Waals surface area contributed by atoms with Crippen LogP contribution < -0.4 is 27.0 Å². The number of carbonyl (C=O) groups excluding carboxylic acids is 1. The minimum atomic E-state index is -1.02. The summed E-state index contributed by atoms with van der Waals surface area (Å²) in [6.07, 6.45) is 3.76. The first-order valence-corrected chi connectivity index (χ1v) is 13.5. The summed E-state index contributed by atoms with van der Waals surface area (Å²) in [5.74, 6) is -0.320. The lowest BCUT2D eigenvalue weighted by Crippen LogP contribution is -2.29. The summed E-state index contributed by atoms with van der Waals surface area (Å²) in [4.78, 5) is 16.6. The number of aliphatic imine (C=N–C) groups is 1. The lowest BCUT2D eigenvalue weighted by atomic mass is 10.1. The molecule has 39 heavy (non-hydrogen) atoms. The molecule has 0 aliphatic heterocycles. The van der Waals surface area contributed by atoms with E-state index >= 15 is 0 Å². The predicted octanol–water partition coefficient (Wildman–Crippen LogP) is 3.10. The number of carbonyl (C=O) groups is 1. The Balaban J connectivity index is 0.000000403. The molecule has 1 saturated carbocycles. The molecule has 2 aromatic carbocycles. The third kappa shape index (κ3) is 9.10. The number of ether oxygens (including phenoxy) is 1. The molecule has 1 fully saturated rings. The molecule has 0 amide bonds. The largest absolute Gasteiger partial charge is 0.550 e. The van der Waals surface area contributed by atoms with Crippen LogP contribution in [0.4, 0.5) is 4.39 Å². The molecule has 208 valence electrons. The summed E-state index contributed by atoms with van der Waals surface area (Å²) >= 11 is 1.78. The summed E-state index contributed by atoms with van der Waals surface area (Å²) in [7, 11) is 3.50. The van der Waals surface area contributed by atoms with Crippen molar-refractivity contribution in [1.82, 2.24) is 0 Å². The van der Waals surface area contributed by atoms with Crippen molar-refractivity contribution in [2.24, 2.45) is 22.2 Å². The van der Waals surface area contributed by atoms with Gasteiger partial charge in [0.05, 0.1) is 14.1 Å². The highest BCUT2D eigenvalue weighted by molar-refractivity contribution is 7.15. The Morgan fingerprint density at radius 3 is 2.36 bits per heavy atom. The van der Waals surface area contributed by atoms with Crippen LogP contribution >= 0.6 is 11.3 Å². The summed E-state index contributed by atoms with van der Waals surface area (Å²) < 4.78 is 21.5. The van der Waals surface area contributed by atoms with E-state index in [0.29, 0.717) is 30.0 Å². The fourth-order valence-electron chi connectivity index (χ4n) is 3.75. The zero-order valence-electron chi connectivity index (χ0n) is 22.6. The van der Waals surface area contributed by atoms with E-state index in [2.05, 4.69) is 24.0 Å². The number of nitrogens with two attached hydrogens (primary N) is 3. The van der Waals surface area contributed by atoms with Gasteiger partial charge < -0.3 is 26.1 Å². The molecule has 0 spiro atoms. The number of halogens is 1. The zero-order chi connectivity index (χ0) is 28.6. The highest BCUT2D eigenvalue weighted by atomic mass is 32.1. The first-order valence-electron chi connectivity index (χ1n) is 12.7. The van der Waals surface area contributed by atoms with Crippen molar-refractivity contribution in [3.63, 3.8) is 0 Å². The maximum atomic E-state index is 13.9. The van der Waals surface area contributed by atoms with Crippen LogP contribution in [0.2, 0.25) is 0 Å². The first kappa shape index (κ1) is 29.6. The molecule has 1 aliphatic carbocycles. The molecular weight excluding hydrogens is 517 g/mol. The van der Waals surface area contributed by atoms with Gasteiger partial charge in [0, 0.05) is 26.7 Å². The van der Waals surface area contributed by atoms with Crippen LogP contribution in [0.5, 0.6) is 5.75 Å². The smallest absolute Gasteiger partial charge is 0.387 e. The van der Waals surface area contributed by atoms with Gasteiger partial charge in [0.1, 0.15) is 18.2 Å². The molecule has 4 rings (SSSR count). The van der Waals surface area contributed by atoms with Gasteiger partial charge in [0.25, 0.3) is 5.96 Å². The molecular formula is C29H36FN5O3S. The van der Waals surface area contributed by atoms with E-state index in [4.69, 9.17) is 21.9 Å². The number of carboxylic acids is 1. The zero-order valence-corrected chi connectivity index (χ0v) is 23.4. The Labute approximate surface area is 232 Å². The van der Waals surface area contributed by atoms with E-state index in [-0.39, 0.29) is 24.8 Å². The van der Waals surface area contributed by atoms with Gasteiger partial charge in [-0.25, -0.2) is 4.39 Å². The SMILES string of the molecule is CC1(c2ccc(-c3ccc(F)cc3COc3ccc(CCCC(=O)[O-])cc3)s2)CC1.C[N+](C)=C(N)N=C(N)N. The van der Waals surface area contributed by atoms with Crippen LogP contribution in [0.25, 0.3) is 10.4 Å². The molecule has 1 heterocycles. The predicted molar refractivity (Wildman–Crippen MR) is 152 cm³/mol. The first-order chi connectivity index (χ1) is 18.5. The highest BCUT2D eigenvalue weighted by Crippen LogP contribution is 2.51. The number of hydrogen-bond donors (Lipinski definition) is 3. The van der Waals surface area contributed by atoms with Crippen LogP contribution in [0.3, 0.4) is 0 Å². The minimum Gasteiger partial charge on any atom is -0.550 e. The molecule has 3 aromatic rings. The number of guanidine groups is 2. The summed E-state index contributed by atoms with van der Waals surface area (Å²) in [5, 5.41) is 10.5. The fourth-order valence-corrected chi connectivity index (χ4v) is 5.01. The van der Waals surface area contributed by atoms with Crippen molar-refractivity contribution in [3.8, 4) is 16.2 Å². The maximum Gasteiger partial charge on any atom is 0.387 e. The quantitative estimate of drug-likeness (QED) is 0.211. The van der Waals surface area contributed by atoms with Crippen molar-refractivity contribution < 1.29 is 23.6 Å². The Hall–Kier alpha value is -3.92. The van der Waals surface area contributed by atoms with Crippen molar-refractivity contribution in [3.05, 3.63) is 76.4 Å². The van der Waals surface area contributed by atoms with Crippen molar-refractivity contribution in [2.75, 3.05) is 14.1 Å². The molecule has 0 radical (unpaired) electrons. The fraction of sp³-hybridized carbons (Fsp3) is 0.345. The van der Waals surface area contributed by atoms with Gasteiger partial charge >= 0.3 is 5.96 Å². The molecule has 0 atom stereocenters. The van der Waals surface area contributed by atoms with Crippen LogP contribution in [-0.2, 0) is 23.2 Å². The third-order valence-corrected chi connectivity index (χ3v) is 7.82. The second-order valence-electron chi connectivity index (χ2n) is 9.97. The molecule has 0 saturated heterocycles. The number of benzene rings is 2. The van der Waals surface area contributed by atoms with Crippen molar-refractivity contribution in [1.29, 1.82) is 0 Å². The highest BCUT2D eigenvalue weighted by Gasteiger charge is 2.40. The molecule has 10 heteroatoms. The van der Waals surface area contributed by atoms with E-state index < -0.39 is 5.97 Å². The second kappa shape index (κ2) is 13.2. The Morgan fingerprint density at radius 1 is 1.10 bits per heavy atom. The number of carboxylic acid groups (broad SMARTS) is 1. The number of hydrogen-bond acceptors (Lipinski definition) is 4. The average molecular weight is 554 g/mol. The molecule has 1 aliphatic rings. The van der Waals surface area contributed by atoms with E-state index in [1.807, 2.05) is 30.3 Å². The number of aryl methyl sites for hydroxylation is 1. The summed E-state index contributed by atoms with van der Waals surface area (Å²) in [6.45, 7) is 2.57. The standard InChI is InChI=1S/C25H25FO3S.C4H11N5/c1-25(13-14-25)23-12-11-22(30-23)21-10-7-19(26)15-18(21)16-29-20-8-5-17(6-9-20)3-2-4-24(27)28;1-9(2)4(7)8-3(5)6/h5-12,15H,2-4,13-14,16H2,1H3,(H,27,28);1-2H3,(H5,5,6,7,8). The van der Waals surface area contributed by atoms with Crippen LogP contribution in [0.1, 0.15) is 48.6 Å². The lowest BCUT2D eigenvalue weighted by Gasteiger charge is -2.11. The van der Waals surface area contributed by atoms with E-state index in [1.54, 1.807) is 36.1 Å². The van der Waals surface area contributed by atoms with Gasteiger partial charge in [-0.3, -0.25) is 10.3 Å². The Bertz CT molecular complexity index is 1340. The monoisotopic (exact) mass is 553 g/mol. The number of rotatable bonds is 9. The number of aliphatic carboxylic acids is 1. The van der Waals surface area contributed by atoms with Crippen molar-refractivity contribution >= 4 is 29.2 Å². The molecule has 1 aromatic heterocycles. The van der Waals surface area contributed by atoms with Gasteiger partial charge in [0.15, 0.2) is 0 Å². The number of thiophene rings is 1. The van der Waals surface area contributed by atoms with Gasteiger partial charge in [0.2, 0.25) is 0 Å². The third-order valence-electron chi connectivity index (χ3n) is 6.40. The average Bonchev–Trinajstić information content (AvgIpc) is 3.42. The molecule has 0 unspecified atom stereocenters. The van der Waals surface area contributed by atoms with Crippen LogP contribution in [0, 0.1) is 5.82 Å². The van der Waals surface area contributed by atoms with Crippen LogP contribution in [-0.4, -0.2) is 36.6 Å².